The molecule has 0 fully saturated rings. The first-order valence-corrected chi connectivity index (χ1v) is 6.92. The minimum atomic E-state index is -0.870. The molecule has 0 aromatic heterocycles. The van der Waals surface area contributed by atoms with Crippen LogP contribution < -0.4 is 4.90 Å². The van der Waals surface area contributed by atoms with Gasteiger partial charge in [0.15, 0.2) is 0 Å². The second-order valence-electron chi connectivity index (χ2n) is 5.48. The monoisotopic (exact) mass is 271 g/mol. The molecule has 4 heteroatoms. The second-order valence-corrected chi connectivity index (χ2v) is 5.48. The molecule has 0 saturated heterocycles. The standard InChI is InChI=1S/C16H17NO3/c1-10-5-4-7-11(10)15(18)17-9-13(16(19)20)12-6-2-3-8-14(12)17/h2-3,6,8,13H,4-5,7,9H2,1H3,(H,19,20). The third-order valence-electron chi connectivity index (χ3n) is 4.26. The Bertz CT molecular complexity index is 618. The molecule has 3 rings (SSSR count). The van der Waals surface area contributed by atoms with E-state index in [0.717, 1.165) is 41.7 Å². The van der Waals surface area contributed by atoms with Gasteiger partial charge in [-0.25, -0.2) is 0 Å². The Kier molecular flexibility index (Phi) is 3.08. The maximum Gasteiger partial charge on any atom is 0.312 e. The molecule has 1 unspecified atom stereocenters. The predicted molar refractivity (Wildman–Crippen MR) is 75.7 cm³/mol. The summed E-state index contributed by atoms with van der Waals surface area (Å²) in [5.74, 6) is -1.50. The van der Waals surface area contributed by atoms with Crippen molar-refractivity contribution in [3.05, 3.63) is 41.0 Å². The number of carbonyl (C=O) groups excluding carboxylic acids is 1. The zero-order valence-corrected chi connectivity index (χ0v) is 11.4. The fourth-order valence-corrected chi connectivity index (χ4v) is 3.16. The number of carboxylic acid groups (broad SMARTS) is 1. The summed E-state index contributed by atoms with van der Waals surface area (Å²) in [6.07, 6.45) is 2.80. The molecule has 0 bridgehead atoms. The first-order chi connectivity index (χ1) is 9.59. The highest BCUT2D eigenvalue weighted by Gasteiger charge is 2.37. The largest absolute Gasteiger partial charge is 0.481 e. The average Bonchev–Trinajstić information content (AvgIpc) is 3.01. The van der Waals surface area contributed by atoms with Crippen LogP contribution in [0.25, 0.3) is 0 Å². The third-order valence-corrected chi connectivity index (χ3v) is 4.26. The van der Waals surface area contributed by atoms with Crippen LogP contribution in [0.3, 0.4) is 0 Å². The van der Waals surface area contributed by atoms with Gasteiger partial charge in [0.2, 0.25) is 0 Å². The molecule has 1 amide bonds. The number of carboxylic acids is 1. The van der Waals surface area contributed by atoms with Gasteiger partial charge in [0.05, 0.1) is 0 Å². The molecule has 2 aliphatic rings. The summed E-state index contributed by atoms with van der Waals surface area (Å²) in [6, 6.07) is 7.31. The van der Waals surface area contributed by atoms with Crippen LogP contribution in [0.5, 0.6) is 0 Å². The fourth-order valence-electron chi connectivity index (χ4n) is 3.16. The molecule has 1 aliphatic heterocycles. The topological polar surface area (TPSA) is 57.6 Å². The maximum absolute atomic E-state index is 12.7. The van der Waals surface area contributed by atoms with Gasteiger partial charge in [0.25, 0.3) is 5.91 Å². The van der Waals surface area contributed by atoms with Gasteiger partial charge in [-0.1, -0.05) is 23.8 Å². The number of rotatable bonds is 2. The van der Waals surface area contributed by atoms with Crippen molar-refractivity contribution in [1.29, 1.82) is 0 Å². The van der Waals surface area contributed by atoms with E-state index in [1.807, 2.05) is 25.1 Å². The van der Waals surface area contributed by atoms with Crippen molar-refractivity contribution in [2.75, 3.05) is 11.4 Å². The zero-order chi connectivity index (χ0) is 14.3. The van der Waals surface area contributed by atoms with Crippen molar-refractivity contribution < 1.29 is 14.7 Å². The Labute approximate surface area is 117 Å². The summed E-state index contributed by atoms with van der Waals surface area (Å²) in [7, 11) is 0. The van der Waals surface area contributed by atoms with Gasteiger partial charge in [-0.3, -0.25) is 9.59 Å². The molecule has 1 aromatic carbocycles. The van der Waals surface area contributed by atoms with Crippen molar-refractivity contribution in [3.8, 4) is 0 Å². The molecule has 1 N–H and O–H groups in total. The lowest BCUT2D eigenvalue weighted by molar-refractivity contribution is -0.138. The number of hydrogen-bond acceptors (Lipinski definition) is 2. The SMILES string of the molecule is CC1=C(C(=O)N2CC(C(=O)O)c3ccccc32)CCC1. The molecule has 1 aliphatic carbocycles. The van der Waals surface area contributed by atoms with Crippen molar-refractivity contribution >= 4 is 17.6 Å². The highest BCUT2D eigenvalue weighted by molar-refractivity contribution is 6.09. The number of hydrogen-bond donors (Lipinski definition) is 1. The number of nitrogens with zero attached hydrogens (tertiary/aromatic N) is 1. The number of fused-ring (bicyclic) bond motifs is 1. The quantitative estimate of drug-likeness (QED) is 0.899. The zero-order valence-electron chi connectivity index (χ0n) is 11.4. The van der Waals surface area contributed by atoms with E-state index in [1.165, 1.54) is 0 Å². The molecular weight excluding hydrogens is 254 g/mol. The van der Waals surface area contributed by atoms with Crippen molar-refractivity contribution in [2.24, 2.45) is 0 Å². The van der Waals surface area contributed by atoms with Crippen molar-refractivity contribution in [2.45, 2.75) is 32.1 Å². The van der Waals surface area contributed by atoms with Crippen LogP contribution in [-0.2, 0) is 9.59 Å². The fraction of sp³-hybridized carbons (Fsp3) is 0.375. The van der Waals surface area contributed by atoms with E-state index in [9.17, 15) is 14.7 Å². The number of para-hydroxylation sites is 1. The van der Waals surface area contributed by atoms with E-state index in [-0.39, 0.29) is 12.5 Å². The van der Waals surface area contributed by atoms with Gasteiger partial charge >= 0.3 is 5.97 Å². The van der Waals surface area contributed by atoms with Crippen LogP contribution in [0.4, 0.5) is 5.69 Å². The normalized spacial score (nSPS) is 21.2. The summed E-state index contributed by atoms with van der Waals surface area (Å²) in [4.78, 5) is 25.7. The summed E-state index contributed by atoms with van der Waals surface area (Å²) in [5.41, 5.74) is 3.50. The van der Waals surface area contributed by atoms with E-state index < -0.39 is 11.9 Å². The summed E-state index contributed by atoms with van der Waals surface area (Å²) in [5, 5.41) is 9.33. The lowest BCUT2D eigenvalue weighted by atomic mass is 10.0. The van der Waals surface area contributed by atoms with E-state index >= 15 is 0 Å². The number of benzene rings is 1. The van der Waals surface area contributed by atoms with Gasteiger partial charge in [-0.2, -0.15) is 0 Å². The maximum atomic E-state index is 12.7. The molecule has 0 radical (unpaired) electrons. The van der Waals surface area contributed by atoms with Crippen molar-refractivity contribution in [3.63, 3.8) is 0 Å². The molecule has 1 aromatic rings. The molecular formula is C16H17NO3. The molecule has 104 valence electrons. The van der Waals surface area contributed by atoms with Gasteiger partial charge in [0.1, 0.15) is 5.92 Å². The van der Waals surface area contributed by atoms with Crippen LogP contribution >= 0.6 is 0 Å². The van der Waals surface area contributed by atoms with Crippen LogP contribution in [0.2, 0.25) is 0 Å². The molecule has 1 heterocycles. The van der Waals surface area contributed by atoms with Crippen molar-refractivity contribution in [1.82, 2.24) is 0 Å². The highest BCUT2D eigenvalue weighted by atomic mass is 16.4. The number of aliphatic carboxylic acids is 1. The van der Waals surface area contributed by atoms with E-state index in [0.29, 0.717) is 0 Å². The minimum absolute atomic E-state index is 0.0174. The number of carbonyl (C=O) groups is 2. The van der Waals surface area contributed by atoms with Crippen LogP contribution in [0.15, 0.2) is 35.4 Å². The Hall–Kier alpha value is -2.10. The van der Waals surface area contributed by atoms with E-state index in [4.69, 9.17) is 0 Å². The van der Waals surface area contributed by atoms with E-state index in [2.05, 4.69) is 0 Å². The Morgan fingerprint density at radius 3 is 2.65 bits per heavy atom. The third kappa shape index (κ3) is 1.92. The lowest BCUT2D eigenvalue weighted by Crippen LogP contribution is -2.32. The van der Waals surface area contributed by atoms with Crippen LogP contribution in [0.1, 0.15) is 37.7 Å². The molecule has 0 saturated carbocycles. The predicted octanol–water partition coefficient (Wildman–Crippen LogP) is 2.70. The first-order valence-electron chi connectivity index (χ1n) is 6.92. The molecule has 0 spiro atoms. The van der Waals surface area contributed by atoms with E-state index in [1.54, 1.807) is 11.0 Å². The van der Waals surface area contributed by atoms with Gasteiger partial charge in [0, 0.05) is 17.8 Å². The van der Waals surface area contributed by atoms with Gasteiger partial charge in [-0.15, -0.1) is 0 Å². The summed E-state index contributed by atoms with van der Waals surface area (Å²) in [6.45, 7) is 2.24. The van der Waals surface area contributed by atoms with Crippen LogP contribution in [-0.4, -0.2) is 23.5 Å². The molecule has 1 atom stereocenters. The average molecular weight is 271 g/mol. The Morgan fingerprint density at radius 2 is 2.00 bits per heavy atom. The van der Waals surface area contributed by atoms with Crippen LogP contribution in [0, 0.1) is 0 Å². The number of anilines is 1. The highest BCUT2D eigenvalue weighted by Crippen LogP contribution is 2.38. The first kappa shape index (κ1) is 12.9. The number of amides is 1. The summed E-state index contributed by atoms with van der Waals surface area (Å²) >= 11 is 0. The number of allylic oxidation sites excluding steroid dienone is 1. The van der Waals surface area contributed by atoms with Gasteiger partial charge < -0.3 is 10.0 Å². The Balaban J connectivity index is 1.98. The second kappa shape index (κ2) is 4.78. The summed E-state index contributed by atoms with van der Waals surface area (Å²) < 4.78 is 0. The molecule has 4 nitrogen and oxygen atoms in total. The molecule has 20 heavy (non-hydrogen) atoms. The smallest absolute Gasteiger partial charge is 0.312 e. The van der Waals surface area contributed by atoms with Gasteiger partial charge in [-0.05, 0) is 37.8 Å². The Morgan fingerprint density at radius 1 is 1.25 bits per heavy atom. The minimum Gasteiger partial charge on any atom is -0.481 e. The lowest BCUT2D eigenvalue weighted by Gasteiger charge is -2.18.